The molecule has 2 atom stereocenters. The van der Waals surface area contributed by atoms with E-state index >= 15 is 0 Å². The maximum absolute atomic E-state index is 12.4. The Morgan fingerprint density at radius 2 is 2.10 bits per heavy atom. The van der Waals surface area contributed by atoms with Gasteiger partial charge in [-0.3, -0.25) is 14.6 Å². The van der Waals surface area contributed by atoms with Gasteiger partial charge in [-0.25, -0.2) is 9.59 Å². The lowest BCUT2D eigenvalue weighted by Crippen LogP contribution is -2.50. The van der Waals surface area contributed by atoms with E-state index in [1.807, 2.05) is 11.9 Å². The van der Waals surface area contributed by atoms with Crippen molar-refractivity contribution in [3.05, 3.63) is 32.6 Å². The summed E-state index contributed by atoms with van der Waals surface area (Å²) in [5.41, 5.74) is -1.68. The van der Waals surface area contributed by atoms with Gasteiger partial charge in [0, 0.05) is 12.6 Å². The van der Waals surface area contributed by atoms with E-state index in [2.05, 4.69) is 4.98 Å². The summed E-state index contributed by atoms with van der Waals surface area (Å²) in [5.74, 6) is -1.46. The second-order valence-corrected chi connectivity index (χ2v) is 5.15. The van der Waals surface area contributed by atoms with Crippen LogP contribution in [0.4, 0.5) is 0 Å². The van der Waals surface area contributed by atoms with Crippen LogP contribution in [0, 0.1) is 5.92 Å². The molecule has 1 saturated heterocycles. The molecule has 21 heavy (non-hydrogen) atoms. The number of rotatable bonds is 3. The Labute approximate surface area is 119 Å². The smallest absolute Gasteiger partial charge is 0.326 e. The number of aromatic amines is 2. The van der Waals surface area contributed by atoms with Gasteiger partial charge in [0.1, 0.15) is 11.7 Å². The van der Waals surface area contributed by atoms with E-state index in [0.717, 1.165) is 12.5 Å². The number of hydrogen-bond acceptors (Lipinski definition) is 4. The van der Waals surface area contributed by atoms with Gasteiger partial charge >= 0.3 is 11.7 Å². The number of nitrogens with zero attached hydrogens (tertiary/aromatic N) is 1. The SMILES string of the molecule is CCC1CCN(C(=O)c2cc(=O)[nH]c(=O)[nH]2)C(C(=O)O)C1. The van der Waals surface area contributed by atoms with Crippen LogP contribution < -0.4 is 11.2 Å². The molecule has 2 heterocycles. The van der Waals surface area contributed by atoms with Gasteiger partial charge in [0.2, 0.25) is 0 Å². The Morgan fingerprint density at radius 3 is 2.67 bits per heavy atom. The van der Waals surface area contributed by atoms with Crippen molar-refractivity contribution in [2.45, 2.75) is 32.2 Å². The van der Waals surface area contributed by atoms with E-state index in [1.54, 1.807) is 0 Å². The first-order chi connectivity index (χ1) is 9.92. The van der Waals surface area contributed by atoms with E-state index < -0.39 is 29.2 Å². The Bertz CT molecular complexity index is 634. The van der Waals surface area contributed by atoms with Crippen molar-refractivity contribution >= 4 is 11.9 Å². The molecule has 0 aliphatic carbocycles. The molecule has 1 aliphatic heterocycles. The van der Waals surface area contributed by atoms with Crippen molar-refractivity contribution in [3.63, 3.8) is 0 Å². The van der Waals surface area contributed by atoms with Gasteiger partial charge in [-0.15, -0.1) is 0 Å². The summed E-state index contributed by atoms with van der Waals surface area (Å²) in [7, 11) is 0. The van der Waals surface area contributed by atoms with E-state index in [9.17, 15) is 24.3 Å². The van der Waals surface area contributed by atoms with Gasteiger partial charge in [0.05, 0.1) is 0 Å². The van der Waals surface area contributed by atoms with Gasteiger partial charge in [0.25, 0.3) is 11.5 Å². The lowest BCUT2D eigenvalue weighted by Gasteiger charge is -2.36. The molecular formula is C13H17N3O5. The number of aliphatic carboxylic acids is 1. The fourth-order valence-electron chi connectivity index (χ4n) is 2.62. The highest BCUT2D eigenvalue weighted by Crippen LogP contribution is 2.26. The number of piperidine rings is 1. The van der Waals surface area contributed by atoms with Crippen LogP contribution in [0.1, 0.15) is 36.7 Å². The fraction of sp³-hybridized carbons (Fsp3) is 0.538. The van der Waals surface area contributed by atoms with Crippen molar-refractivity contribution in [2.75, 3.05) is 6.54 Å². The van der Waals surface area contributed by atoms with Gasteiger partial charge < -0.3 is 15.0 Å². The predicted octanol–water partition coefficient (Wildman–Crippen LogP) is -0.221. The first-order valence-corrected chi connectivity index (χ1v) is 6.79. The van der Waals surface area contributed by atoms with Gasteiger partial charge in [-0.1, -0.05) is 13.3 Å². The molecule has 8 nitrogen and oxygen atoms in total. The van der Waals surface area contributed by atoms with E-state index in [0.29, 0.717) is 19.4 Å². The van der Waals surface area contributed by atoms with Crippen molar-refractivity contribution in [3.8, 4) is 0 Å². The number of H-pyrrole nitrogens is 2. The third-order valence-electron chi connectivity index (χ3n) is 3.83. The summed E-state index contributed by atoms with van der Waals surface area (Å²) in [6, 6.07) is 0.0353. The molecule has 2 rings (SSSR count). The van der Waals surface area contributed by atoms with Crippen LogP contribution in [0.5, 0.6) is 0 Å². The average molecular weight is 295 g/mol. The third-order valence-corrected chi connectivity index (χ3v) is 3.83. The minimum Gasteiger partial charge on any atom is -0.480 e. The Hall–Kier alpha value is -2.38. The molecule has 1 fully saturated rings. The number of amides is 1. The van der Waals surface area contributed by atoms with Crippen LogP contribution in [-0.4, -0.2) is 44.4 Å². The predicted molar refractivity (Wildman–Crippen MR) is 73.2 cm³/mol. The zero-order valence-electron chi connectivity index (χ0n) is 11.6. The second kappa shape index (κ2) is 5.94. The van der Waals surface area contributed by atoms with E-state index in [4.69, 9.17) is 0 Å². The number of nitrogens with one attached hydrogen (secondary N) is 2. The topological polar surface area (TPSA) is 123 Å². The molecule has 8 heteroatoms. The summed E-state index contributed by atoms with van der Waals surface area (Å²) in [5, 5.41) is 9.29. The minimum absolute atomic E-state index is 0.190. The van der Waals surface area contributed by atoms with Crippen molar-refractivity contribution < 1.29 is 14.7 Å². The maximum Gasteiger partial charge on any atom is 0.326 e. The number of carboxylic acids is 1. The van der Waals surface area contributed by atoms with Crippen molar-refractivity contribution in [1.29, 1.82) is 0 Å². The van der Waals surface area contributed by atoms with Crippen LogP contribution in [-0.2, 0) is 4.79 Å². The first kappa shape index (κ1) is 15.0. The molecule has 1 amide bonds. The molecule has 0 radical (unpaired) electrons. The molecule has 0 saturated carbocycles. The standard InChI is InChI=1S/C13H17N3O5/c1-2-7-3-4-16(9(5-7)12(19)20)11(18)8-6-10(17)15-13(21)14-8/h6-7,9H,2-5H2,1H3,(H,19,20)(H2,14,15,17,21). The first-order valence-electron chi connectivity index (χ1n) is 6.79. The van der Waals surface area contributed by atoms with Gasteiger partial charge in [-0.05, 0) is 18.8 Å². The monoisotopic (exact) mass is 295 g/mol. The highest BCUT2D eigenvalue weighted by Gasteiger charge is 2.36. The van der Waals surface area contributed by atoms with Crippen LogP contribution in [0.15, 0.2) is 15.7 Å². The lowest BCUT2D eigenvalue weighted by molar-refractivity contribution is -0.144. The zero-order valence-corrected chi connectivity index (χ0v) is 11.6. The number of carbonyl (C=O) groups is 2. The Morgan fingerprint density at radius 1 is 1.38 bits per heavy atom. The molecule has 1 aromatic heterocycles. The molecule has 0 spiro atoms. The molecule has 0 aromatic carbocycles. The number of carboxylic acid groups (broad SMARTS) is 1. The average Bonchev–Trinajstić information content (AvgIpc) is 2.44. The summed E-state index contributed by atoms with van der Waals surface area (Å²) >= 11 is 0. The highest BCUT2D eigenvalue weighted by molar-refractivity contribution is 5.95. The molecule has 1 aliphatic rings. The summed E-state index contributed by atoms with van der Waals surface area (Å²) < 4.78 is 0. The Kier molecular flexibility index (Phi) is 4.25. The number of carbonyl (C=O) groups excluding carboxylic acids is 1. The summed E-state index contributed by atoms with van der Waals surface area (Å²) in [4.78, 5) is 51.6. The molecular weight excluding hydrogens is 278 g/mol. The summed E-state index contributed by atoms with van der Waals surface area (Å²) in [6.07, 6.45) is 1.94. The zero-order chi connectivity index (χ0) is 15.6. The molecule has 0 bridgehead atoms. The van der Waals surface area contributed by atoms with Gasteiger partial charge in [0.15, 0.2) is 0 Å². The quantitative estimate of drug-likeness (QED) is 0.711. The van der Waals surface area contributed by atoms with Crippen molar-refractivity contribution in [2.24, 2.45) is 5.92 Å². The van der Waals surface area contributed by atoms with E-state index in [-0.39, 0.29) is 11.6 Å². The van der Waals surface area contributed by atoms with Crippen LogP contribution in [0.3, 0.4) is 0 Å². The molecule has 2 unspecified atom stereocenters. The maximum atomic E-state index is 12.4. The highest BCUT2D eigenvalue weighted by atomic mass is 16.4. The van der Waals surface area contributed by atoms with E-state index in [1.165, 1.54) is 4.90 Å². The van der Waals surface area contributed by atoms with Crippen molar-refractivity contribution in [1.82, 2.24) is 14.9 Å². The molecule has 1 aromatic rings. The third kappa shape index (κ3) is 3.21. The van der Waals surface area contributed by atoms with Gasteiger partial charge in [-0.2, -0.15) is 0 Å². The molecule has 3 N–H and O–H groups in total. The number of aromatic nitrogens is 2. The number of likely N-dealkylation sites (tertiary alicyclic amines) is 1. The fourth-order valence-corrected chi connectivity index (χ4v) is 2.62. The van der Waals surface area contributed by atoms with Crippen LogP contribution >= 0.6 is 0 Å². The molecule has 114 valence electrons. The Balaban J connectivity index is 2.30. The van der Waals surface area contributed by atoms with Crippen LogP contribution in [0.25, 0.3) is 0 Å². The summed E-state index contributed by atoms with van der Waals surface area (Å²) in [6.45, 7) is 2.28. The largest absolute Gasteiger partial charge is 0.480 e. The number of hydrogen-bond donors (Lipinski definition) is 3. The van der Waals surface area contributed by atoms with Crippen LogP contribution in [0.2, 0.25) is 0 Å². The second-order valence-electron chi connectivity index (χ2n) is 5.15. The minimum atomic E-state index is -1.08. The normalized spacial score (nSPS) is 22.0. The lowest BCUT2D eigenvalue weighted by atomic mass is 9.88.